The van der Waals surface area contributed by atoms with Crippen LogP contribution in [0, 0.1) is 12.7 Å². The number of benzene rings is 1. The van der Waals surface area contributed by atoms with E-state index in [0.29, 0.717) is 23.6 Å². The van der Waals surface area contributed by atoms with Gasteiger partial charge in [-0.15, -0.1) is 0 Å². The smallest absolute Gasteiger partial charge is 0.242 e. The number of anilines is 1. The van der Waals surface area contributed by atoms with Gasteiger partial charge in [-0.3, -0.25) is 4.79 Å². The van der Waals surface area contributed by atoms with Crippen molar-refractivity contribution in [2.24, 2.45) is 0 Å². The van der Waals surface area contributed by atoms with Crippen molar-refractivity contribution in [3.8, 4) is 5.88 Å². The summed E-state index contributed by atoms with van der Waals surface area (Å²) in [4.78, 5) is 16.4. The highest BCUT2D eigenvalue weighted by molar-refractivity contribution is 5.94. The Labute approximate surface area is 139 Å². The molecule has 0 spiro atoms. The second-order valence-corrected chi connectivity index (χ2v) is 5.72. The zero-order valence-electron chi connectivity index (χ0n) is 13.5. The van der Waals surface area contributed by atoms with Crippen LogP contribution in [0.2, 0.25) is 0 Å². The van der Waals surface area contributed by atoms with Gasteiger partial charge in [-0.1, -0.05) is 12.1 Å². The Balaban J connectivity index is 1.61. The number of nitrogens with zero attached hydrogens (tertiary/aromatic N) is 1. The van der Waals surface area contributed by atoms with Gasteiger partial charge in [-0.25, -0.2) is 20.2 Å². The van der Waals surface area contributed by atoms with E-state index in [9.17, 15) is 9.18 Å². The van der Waals surface area contributed by atoms with Crippen LogP contribution in [-0.4, -0.2) is 24.0 Å². The summed E-state index contributed by atoms with van der Waals surface area (Å²) >= 11 is 0. The second kappa shape index (κ2) is 6.94. The Morgan fingerprint density at radius 1 is 1.33 bits per heavy atom. The monoisotopic (exact) mass is 330 g/mol. The maximum Gasteiger partial charge on any atom is 0.242 e. The molecule has 1 saturated heterocycles. The topological polar surface area (TPSA) is 75.3 Å². The Kier molecular flexibility index (Phi) is 4.73. The molecule has 2 atom stereocenters. The van der Waals surface area contributed by atoms with Gasteiger partial charge in [0.15, 0.2) is 0 Å². The van der Waals surface area contributed by atoms with Crippen molar-refractivity contribution in [3.05, 3.63) is 53.5 Å². The Hall–Kier alpha value is -2.51. The minimum atomic E-state index is -0.387. The first-order valence-corrected chi connectivity index (χ1v) is 7.65. The molecule has 6 nitrogen and oxygen atoms in total. The van der Waals surface area contributed by atoms with Gasteiger partial charge in [0, 0.05) is 12.1 Å². The van der Waals surface area contributed by atoms with Crippen LogP contribution in [0.1, 0.15) is 23.6 Å². The van der Waals surface area contributed by atoms with E-state index in [1.807, 2.05) is 0 Å². The van der Waals surface area contributed by atoms with Crippen LogP contribution in [0.5, 0.6) is 5.88 Å². The zero-order chi connectivity index (χ0) is 17.1. The summed E-state index contributed by atoms with van der Waals surface area (Å²) in [6.07, 6.45) is 2.11. The summed E-state index contributed by atoms with van der Waals surface area (Å²) in [5.74, 6) is 0.0993. The standard InChI is InChI=1S/C17H19FN4O2/c1-10-7-11(3-5-13(10)18)14-8-15(22-21-14)17(23)20-12-4-6-16(24-2)19-9-12/h3-7,9,14-15,21-22H,8H2,1-2H3,(H,20,23). The number of ether oxygens (including phenoxy) is 1. The van der Waals surface area contributed by atoms with Gasteiger partial charge in [0.2, 0.25) is 11.8 Å². The van der Waals surface area contributed by atoms with Crippen molar-refractivity contribution in [1.29, 1.82) is 0 Å². The third kappa shape index (κ3) is 3.52. The highest BCUT2D eigenvalue weighted by atomic mass is 19.1. The van der Waals surface area contributed by atoms with E-state index in [0.717, 1.165) is 5.56 Å². The second-order valence-electron chi connectivity index (χ2n) is 5.72. The molecule has 0 aliphatic carbocycles. The van der Waals surface area contributed by atoms with Crippen molar-refractivity contribution in [2.45, 2.75) is 25.4 Å². The normalized spacial score (nSPS) is 20.0. The highest BCUT2D eigenvalue weighted by Crippen LogP contribution is 2.24. The van der Waals surface area contributed by atoms with Gasteiger partial charge in [-0.2, -0.15) is 0 Å². The number of rotatable bonds is 4. The fraction of sp³-hybridized carbons (Fsp3) is 0.294. The Morgan fingerprint density at radius 2 is 2.17 bits per heavy atom. The minimum Gasteiger partial charge on any atom is -0.481 e. The van der Waals surface area contributed by atoms with Gasteiger partial charge >= 0.3 is 0 Å². The van der Waals surface area contributed by atoms with E-state index < -0.39 is 0 Å². The van der Waals surface area contributed by atoms with Crippen LogP contribution in [0.4, 0.5) is 10.1 Å². The van der Waals surface area contributed by atoms with E-state index in [1.54, 1.807) is 37.4 Å². The maximum atomic E-state index is 13.4. The van der Waals surface area contributed by atoms with Gasteiger partial charge in [-0.05, 0) is 36.6 Å². The molecule has 2 heterocycles. The molecule has 126 valence electrons. The predicted molar refractivity (Wildman–Crippen MR) is 88.0 cm³/mol. The zero-order valence-corrected chi connectivity index (χ0v) is 13.5. The number of aromatic nitrogens is 1. The molecule has 1 aliphatic rings. The first-order chi connectivity index (χ1) is 11.6. The van der Waals surface area contributed by atoms with E-state index in [4.69, 9.17) is 4.74 Å². The van der Waals surface area contributed by atoms with Crippen LogP contribution >= 0.6 is 0 Å². The first kappa shape index (κ1) is 16.4. The summed E-state index contributed by atoms with van der Waals surface area (Å²) < 4.78 is 18.4. The molecular formula is C17H19FN4O2. The van der Waals surface area contributed by atoms with Crippen LogP contribution in [0.3, 0.4) is 0 Å². The largest absolute Gasteiger partial charge is 0.481 e. The predicted octanol–water partition coefficient (Wildman–Crippen LogP) is 2.08. The van der Waals surface area contributed by atoms with E-state index >= 15 is 0 Å². The summed E-state index contributed by atoms with van der Waals surface area (Å²) in [7, 11) is 1.53. The molecule has 1 aromatic carbocycles. The summed E-state index contributed by atoms with van der Waals surface area (Å²) in [5.41, 5.74) is 8.20. The number of methoxy groups -OCH3 is 1. The SMILES string of the molecule is COc1ccc(NC(=O)C2CC(c3ccc(F)c(C)c3)NN2)cn1. The van der Waals surface area contributed by atoms with Crippen LogP contribution < -0.4 is 20.9 Å². The van der Waals surface area contributed by atoms with E-state index in [2.05, 4.69) is 21.2 Å². The van der Waals surface area contributed by atoms with E-state index in [-0.39, 0.29) is 23.8 Å². The van der Waals surface area contributed by atoms with Crippen LogP contribution in [-0.2, 0) is 4.79 Å². The third-order valence-corrected chi connectivity index (χ3v) is 4.02. The van der Waals surface area contributed by atoms with Crippen molar-refractivity contribution >= 4 is 11.6 Å². The molecule has 1 amide bonds. The van der Waals surface area contributed by atoms with Crippen molar-refractivity contribution < 1.29 is 13.9 Å². The van der Waals surface area contributed by atoms with Gasteiger partial charge < -0.3 is 10.1 Å². The van der Waals surface area contributed by atoms with Crippen molar-refractivity contribution in [1.82, 2.24) is 15.8 Å². The number of aryl methyl sites for hydroxylation is 1. The Morgan fingerprint density at radius 3 is 2.83 bits per heavy atom. The first-order valence-electron chi connectivity index (χ1n) is 7.65. The summed E-state index contributed by atoms with van der Waals surface area (Å²) in [5, 5.41) is 2.81. The molecule has 1 aliphatic heterocycles. The lowest BCUT2D eigenvalue weighted by Gasteiger charge is -2.11. The fourth-order valence-electron chi connectivity index (χ4n) is 2.64. The molecule has 0 bridgehead atoms. The minimum absolute atomic E-state index is 0.0472. The quantitative estimate of drug-likeness (QED) is 0.800. The number of nitrogens with one attached hydrogen (secondary N) is 3. The average molecular weight is 330 g/mol. The number of halogens is 1. The van der Waals surface area contributed by atoms with Crippen molar-refractivity contribution in [3.63, 3.8) is 0 Å². The number of amides is 1. The molecule has 3 rings (SSSR count). The van der Waals surface area contributed by atoms with Gasteiger partial charge in [0.25, 0.3) is 0 Å². The van der Waals surface area contributed by atoms with Crippen LogP contribution in [0.15, 0.2) is 36.5 Å². The molecule has 1 fully saturated rings. The molecule has 0 saturated carbocycles. The maximum absolute atomic E-state index is 13.4. The number of carbonyl (C=O) groups is 1. The summed E-state index contributed by atoms with van der Waals surface area (Å²) in [6.45, 7) is 1.72. The molecule has 1 aromatic heterocycles. The van der Waals surface area contributed by atoms with Crippen LogP contribution in [0.25, 0.3) is 0 Å². The number of hydrazine groups is 1. The highest BCUT2D eigenvalue weighted by Gasteiger charge is 2.30. The average Bonchev–Trinajstić information content (AvgIpc) is 3.08. The molecule has 2 unspecified atom stereocenters. The fourth-order valence-corrected chi connectivity index (χ4v) is 2.64. The van der Waals surface area contributed by atoms with Crippen molar-refractivity contribution in [2.75, 3.05) is 12.4 Å². The lowest BCUT2D eigenvalue weighted by molar-refractivity contribution is -0.117. The molecular weight excluding hydrogens is 311 g/mol. The number of pyridine rings is 1. The number of hydrogen-bond donors (Lipinski definition) is 3. The Bertz CT molecular complexity index is 736. The lowest BCUT2D eigenvalue weighted by Crippen LogP contribution is -2.39. The molecule has 24 heavy (non-hydrogen) atoms. The third-order valence-electron chi connectivity index (χ3n) is 4.02. The molecule has 0 radical (unpaired) electrons. The van der Waals surface area contributed by atoms with E-state index in [1.165, 1.54) is 13.2 Å². The molecule has 7 heteroatoms. The molecule has 2 aromatic rings. The van der Waals surface area contributed by atoms with Gasteiger partial charge in [0.05, 0.1) is 19.0 Å². The summed E-state index contributed by atoms with van der Waals surface area (Å²) in [6, 6.07) is 7.95. The number of carbonyl (C=O) groups excluding carboxylic acids is 1. The van der Waals surface area contributed by atoms with Gasteiger partial charge in [0.1, 0.15) is 11.9 Å². The molecule has 3 N–H and O–H groups in total. The lowest BCUT2D eigenvalue weighted by atomic mass is 10.00. The number of hydrogen-bond acceptors (Lipinski definition) is 5.